The van der Waals surface area contributed by atoms with Crippen molar-refractivity contribution in [3.05, 3.63) is 230 Å². The van der Waals surface area contributed by atoms with Crippen molar-refractivity contribution < 1.29 is 8.83 Å². The van der Waals surface area contributed by atoms with Crippen LogP contribution < -0.4 is 4.90 Å². The molecule has 14 rings (SSSR count). The van der Waals surface area contributed by atoms with Crippen molar-refractivity contribution in [2.24, 2.45) is 0 Å². The highest BCUT2D eigenvalue weighted by Crippen LogP contribution is 2.52. The molecule has 0 amide bonds. The Balaban J connectivity index is 0.888. The Labute approximate surface area is 387 Å². The van der Waals surface area contributed by atoms with Crippen LogP contribution in [0.3, 0.4) is 0 Å². The fraction of sp³-hybridized carbons (Fsp3) is 0.0476. The van der Waals surface area contributed by atoms with Gasteiger partial charge in [-0.25, -0.2) is 0 Å². The maximum absolute atomic E-state index is 6.48. The van der Waals surface area contributed by atoms with Crippen LogP contribution in [0.1, 0.15) is 25.0 Å². The lowest BCUT2D eigenvalue weighted by molar-refractivity contribution is 0.660. The Morgan fingerprint density at radius 2 is 0.791 bits per heavy atom. The van der Waals surface area contributed by atoms with Crippen molar-refractivity contribution in [2.45, 2.75) is 19.3 Å². The topological polar surface area (TPSA) is 34.5 Å². The number of hydrogen-bond donors (Lipinski definition) is 0. The molecule has 4 heteroatoms. The minimum atomic E-state index is -0.259. The lowest BCUT2D eigenvalue weighted by atomic mass is 9.82. The Bertz CT molecular complexity index is 3920. The van der Waals surface area contributed by atoms with Gasteiger partial charge in [0, 0.05) is 71.6 Å². The van der Waals surface area contributed by atoms with Crippen LogP contribution in [0.4, 0.5) is 17.1 Å². The summed E-state index contributed by atoms with van der Waals surface area (Å²) in [6.45, 7) is 4.75. The minimum Gasteiger partial charge on any atom is -0.455 e. The molecule has 0 saturated carbocycles. The molecule has 0 radical (unpaired) electrons. The van der Waals surface area contributed by atoms with E-state index in [2.05, 4.69) is 217 Å². The molecule has 0 N–H and O–H groups in total. The average Bonchev–Trinajstić information content (AvgIpc) is 4.11. The molecule has 0 saturated heterocycles. The van der Waals surface area contributed by atoms with Crippen LogP contribution in [0.5, 0.6) is 0 Å². The third kappa shape index (κ3) is 5.60. The van der Waals surface area contributed by atoms with Gasteiger partial charge < -0.3 is 18.3 Å². The number of benzene rings is 10. The fourth-order valence-electron chi connectivity index (χ4n) is 11.2. The van der Waals surface area contributed by atoms with Crippen LogP contribution in [0, 0.1) is 0 Å². The van der Waals surface area contributed by atoms with E-state index in [4.69, 9.17) is 8.83 Å². The molecule has 1 aliphatic rings. The van der Waals surface area contributed by atoms with Crippen LogP contribution >= 0.6 is 0 Å². The van der Waals surface area contributed by atoms with Crippen LogP contribution in [0.15, 0.2) is 227 Å². The number of aromatic nitrogens is 1. The molecule has 3 aromatic heterocycles. The third-order valence-corrected chi connectivity index (χ3v) is 14.4. The quantitative estimate of drug-likeness (QED) is 0.167. The van der Waals surface area contributed by atoms with Crippen LogP contribution in [-0.4, -0.2) is 4.57 Å². The van der Waals surface area contributed by atoms with Crippen molar-refractivity contribution in [1.82, 2.24) is 4.57 Å². The van der Waals surface area contributed by atoms with E-state index in [-0.39, 0.29) is 5.41 Å². The predicted molar refractivity (Wildman–Crippen MR) is 278 cm³/mol. The average molecular weight is 859 g/mol. The molecule has 0 unspecified atom stereocenters. The van der Waals surface area contributed by atoms with Crippen molar-refractivity contribution in [1.29, 1.82) is 0 Å². The molecule has 1 aliphatic carbocycles. The number of para-hydroxylation sites is 6. The Morgan fingerprint density at radius 1 is 0.358 bits per heavy atom. The van der Waals surface area contributed by atoms with Gasteiger partial charge in [-0.1, -0.05) is 159 Å². The largest absolute Gasteiger partial charge is 0.455 e. The van der Waals surface area contributed by atoms with E-state index in [0.29, 0.717) is 0 Å². The molecule has 10 aromatic carbocycles. The number of anilines is 3. The van der Waals surface area contributed by atoms with Gasteiger partial charge in [0.25, 0.3) is 0 Å². The van der Waals surface area contributed by atoms with Gasteiger partial charge in [0.05, 0.1) is 11.0 Å². The van der Waals surface area contributed by atoms with Crippen molar-refractivity contribution in [3.8, 4) is 39.1 Å². The molecule has 0 atom stereocenters. The highest BCUT2D eigenvalue weighted by Gasteiger charge is 2.37. The normalized spacial score (nSPS) is 13.0. The number of furan rings is 2. The lowest BCUT2D eigenvalue weighted by Crippen LogP contribution is -2.17. The van der Waals surface area contributed by atoms with E-state index in [0.717, 1.165) is 83.2 Å². The van der Waals surface area contributed by atoms with E-state index in [1.54, 1.807) is 0 Å². The van der Waals surface area contributed by atoms with Crippen molar-refractivity contribution in [3.63, 3.8) is 0 Å². The molecule has 67 heavy (non-hydrogen) atoms. The van der Waals surface area contributed by atoms with Gasteiger partial charge >= 0.3 is 0 Å². The first-order valence-corrected chi connectivity index (χ1v) is 23.1. The summed E-state index contributed by atoms with van der Waals surface area (Å²) >= 11 is 0. The minimum absolute atomic E-state index is 0.259. The predicted octanol–water partition coefficient (Wildman–Crippen LogP) is 17.7. The maximum Gasteiger partial charge on any atom is 0.143 e. The van der Waals surface area contributed by atoms with Crippen molar-refractivity contribution >= 4 is 82.7 Å². The highest BCUT2D eigenvalue weighted by atomic mass is 16.3. The van der Waals surface area contributed by atoms with Gasteiger partial charge in [0.1, 0.15) is 22.3 Å². The maximum atomic E-state index is 6.48. The standard InChI is InChI=1S/C63H42N2O2/c1-63(2)55-37-43(33-35-47(55)48-36-34-44(38-56(48)63)65-57-21-7-3-13-49(57)50-14-4-8-22-58(50)65)64(41-29-25-39(26-30-41)45-17-11-19-53-51-15-5-9-23-59(51)66-61(45)53)42-31-27-40(28-32-42)46-18-12-20-54-52-16-6-10-24-60(52)67-62(46)54/h3-38H,1-2H3. The third-order valence-electron chi connectivity index (χ3n) is 14.4. The zero-order valence-electron chi connectivity index (χ0n) is 37.0. The summed E-state index contributed by atoms with van der Waals surface area (Å²) in [5, 5.41) is 7.05. The van der Waals surface area contributed by atoms with Gasteiger partial charge in [-0.05, 0) is 106 Å². The first-order valence-electron chi connectivity index (χ1n) is 23.1. The number of nitrogens with zero attached hydrogens (tertiary/aromatic N) is 2. The van der Waals surface area contributed by atoms with E-state index in [1.165, 1.54) is 49.7 Å². The monoisotopic (exact) mass is 858 g/mol. The Morgan fingerprint density at radius 3 is 1.33 bits per heavy atom. The summed E-state index contributed by atoms with van der Waals surface area (Å²) in [5.74, 6) is 0. The summed E-state index contributed by atoms with van der Waals surface area (Å²) in [6.07, 6.45) is 0. The smallest absolute Gasteiger partial charge is 0.143 e. The molecule has 13 aromatic rings. The van der Waals surface area contributed by atoms with Gasteiger partial charge in [-0.15, -0.1) is 0 Å². The van der Waals surface area contributed by atoms with Crippen LogP contribution in [-0.2, 0) is 5.41 Å². The van der Waals surface area contributed by atoms with Gasteiger partial charge in [-0.2, -0.15) is 0 Å². The second-order valence-electron chi connectivity index (χ2n) is 18.4. The second-order valence-corrected chi connectivity index (χ2v) is 18.4. The molecular weight excluding hydrogens is 817 g/mol. The number of fused-ring (bicyclic) bond motifs is 12. The zero-order valence-corrected chi connectivity index (χ0v) is 37.0. The molecule has 0 aliphatic heterocycles. The van der Waals surface area contributed by atoms with Gasteiger partial charge in [0.2, 0.25) is 0 Å². The Kier molecular flexibility index (Phi) is 8.00. The molecule has 0 bridgehead atoms. The highest BCUT2D eigenvalue weighted by molar-refractivity contribution is 6.11. The SMILES string of the molecule is CC1(C)c2cc(N(c3ccc(-c4cccc5c4oc4ccccc45)cc3)c3ccc(-c4cccc5c4oc4ccccc45)cc3)ccc2-c2ccc(-n3c4ccccc4c4ccccc43)cc21. The summed E-state index contributed by atoms with van der Waals surface area (Å²) in [5.41, 5.74) is 19.8. The van der Waals surface area contributed by atoms with E-state index >= 15 is 0 Å². The van der Waals surface area contributed by atoms with E-state index in [9.17, 15) is 0 Å². The molecule has 4 nitrogen and oxygen atoms in total. The zero-order chi connectivity index (χ0) is 44.4. The summed E-state index contributed by atoms with van der Waals surface area (Å²) in [7, 11) is 0. The second kappa shape index (κ2) is 14.2. The first kappa shape index (κ1) is 37.7. The molecule has 0 fully saturated rings. The van der Waals surface area contributed by atoms with Gasteiger partial charge in [-0.3, -0.25) is 0 Å². The number of hydrogen-bond acceptors (Lipinski definition) is 3. The summed E-state index contributed by atoms with van der Waals surface area (Å²) < 4.78 is 15.4. The molecule has 0 spiro atoms. The molecular formula is C63H42N2O2. The van der Waals surface area contributed by atoms with Crippen LogP contribution in [0.2, 0.25) is 0 Å². The lowest BCUT2D eigenvalue weighted by Gasteiger charge is -2.28. The Hall–Kier alpha value is -8.60. The fourth-order valence-corrected chi connectivity index (χ4v) is 11.2. The van der Waals surface area contributed by atoms with Gasteiger partial charge in [0.15, 0.2) is 0 Å². The van der Waals surface area contributed by atoms with E-state index < -0.39 is 0 Å². The first-order chi connectivity index (χ1) is 33.0. The van der Waals surface area contributed by atoms with Crippen LogP contribution in [0.25, 0.3) is 105 Å². The number of rotatable bonds is 6. The van der Waals surface area contributed by atoms with E-state index in [1.807, 2.05) is 24.3 Å². The van der Waals surface area contributed by atoms with Crippen molar-refractivity contribution in [2.75, 3.05) is 4.90 Å². The summed E-state index contributed by atoms with van der Waals surface area (Å²) in [6, 6.07) is 78.9. The molecule has 3 heterocycles. The molecule has 316 valence electrons. The summed E-state index contributed by atoms with van der Waals surface area (Å²) in [4.78, 5) is 2.39.